The molecule has 1 unspecified atom stereocenters. The highest BCUT2D eigenvalue weighted by atomic mass is 16.7. The zero-order chi connectivity index (χ0) is 36.1. The highest BCUT2D eigenvalue weighted by Gasteiger charge is 2.40. The predicted molar refractivity (Wildman–Crippen MR) is 221 cm³/mol. The van der Waals surface area contributed by atoms with Crippen molar-refractivity contribution in [3.8, 4) is 0 Å². The van der Waals surface area contributed by atoms with Crippen LogP contribution in [0.2, 0.25) is 0 Å². The second kappa shape index (κ2) is 36.1. The zero-order valence-electron chi connectivity index (χ0n) is 33.7. The van der Waals surface area contributed by atoms with E-state index in [1.165, 1.54) is 141 Å². The Kier molecular flexibility index (Phi) is 33.8. The molecule has 0 aliphatic carbocycles. The Morgan fingerprint density at radius 3 is 1.50 bits per heavy atom. The Labute approximate surface area is 312 Å². The molecule has 5 nitrogen and oxygen atoms in total. The van der Waals surface area contributed by atoms with Gasteiger partial charge in [0.1, 0.15) is 0 Å². The molecule has 50 heavy (non-hydrogen) atoms. The molecule has 0 spiro atoms. The van der Waals surface area contributed by atoms with E-state index < -0.39 is 0 Å². The van der Waals surface area contributed by atoms with E-state index in [9.17, 15) is 0 Å². The van der Waals surface area contributed by atoms with Crippen molar-refractivity contribution in [1.82, 2.24) is 10.2 Å². The maximum atomic E-state index is 6.76. The van der Waals surface area contributed by atoms with Crippen LogP contribution in [0.3, 0.4) is 0 Å². The monoisotopic (exact) mass is 700 g/mol. The molecule has 0 radical (unpaired) electrons. The zero-order valence-corrected chi connectivity index (χ0v) is 33.7. The first-order chi connectivity index (χ1) is 24.7. The van der Waals surface area contributed by atoms with Gasteiger partial charge < -0.3 is 25.4 Å². The van der Waals surface area contributed by atoms with E-state index in [0.717, 1.165) is 58.3 Å². The van der Waals surface area contributed by atoms with Crippen LogP contribution in [0.5, 0.6) is 0 Å². The number of unbranched alkanes of at least 4 members (excludes halogenated alkanes) is 18. The second-order valence-electron chi connectivity index (χ2n) is 14.9. The van der Waals surface area contributed by atoms with Crippen LogP contribution in [0, 0.1) is 0 Å². The van der Waals surface area contributed by atoms with Gasteiger partial charge in [-0.05, 0) is 90.5 Å². The van der Waals surface area contributed by atoms with Crippen molar-refractivity contribution in [3.05, 3.63) is 48.6 Å². The molecule has 1 atom stereocenters. The van der Waals surface area contributed by atoms with E-state index in [0.29, 0.717) is 6.67 Å². The first-order valence-corrected chi connectivity index (χ1v) is 21.7. The van der Waals surface area contributed by atoms with E-state index in [1.54, 1.807) is 0 Å². The predicted octanol–water partition coefficient (Wildman–Crippen LogP) is 12.3. The Morgan fingerprint density at radius 2 is 1.04 bits per heavy atom. The Morgan fingerprint density at radius 1 is 0.600 bits per heavy atom. The second-order valence-corrected chi connectivity index (χ2v) is 14.9. The minimum Gasteiger partial charge on any atom is -0.347 e. The number of nitrogens with one attached hydrogen (secondary N) is 1. The van der Waals surface area contributed by atoms with Crippen LogP contribution < -0.4 is 11.1 Å². The summed E-state index contributed by atoms with van der Waals surface area (Å²) in [5.41, 5.74) is 5.58. The van der Waals surface area contributed by atoms with Crippen molar-refractivity contribution in [2.75, 3.05) is 40.0 Å². The lowest BCUT2D eigenvalue weighted by molar-refractivity contribution is -0.180. The molecule has 1 aliphatic rings. The van der Waals surface area contributed by atoms with E-state index in [-0.39, 0.29) is 11.9 Å². The van der Waals surface area contributed by atoms with Gasteiger partial charge in [-0.15, -0.1) is 0 Å². The van der Waals surface area contributed by atoms with Crippen molar-refractivity contribution in [1.29, 1.82) is 0 Å². The fraction of sp³-hybridized carbons (Fsp3) is 0.822. The number of nitrogens with zero attached hydrogens (tertiary/aromatic N) is 1. The van der Waals surface area contributed by atoms with E-state index in [2.05, 4.69) is 79.7 Å². The first kappa shape index (κ1) is 46.8. The van der Waals surface area contributed by atoms with Gasteiger partial charge >= 0.3 is 0 Å². The Hall–Kier alpha value is -1.24. The molecule has 1 saturated heterocycles. The van der Waals surface area contributed by atoms with Gasteiger partial charge in [0.15, 0.2) is 5.79 Å². The number of rotatable bonds is 37. The maximum absolute atomic E-state index is 6.76. The van der Waals surface area contributed by atoms with Gasteiger partial charge in [-0.25, -0.2) is 0 Å². The number of allylic oxidation sites excluding steroid dienone is 8. The lowest BCUT2D eigenvalue weighted by Crippen LogP contribution is -2.34. The van der Waals surface area contributed by atoms with Crippen molar-refractivity contribution in [2.24, 2.45) is 5.73 Å². The summed E-state index contributed by atoms with van der Waals surface area (Å²) < 4.78 is 13.3. The highest BCUT2D eigenvalue weighted by molar-refractivity contribution is 4.93. The summed E-state index contributed by atoms with van der Waals surface area (Å²) in [5, 5.41) is 3.22. The number of likely N-dealkylation sites (N-methyl/N-ethyl adjacent to an activating group) is 1. The van der Waals surface area contributed by atoms with Gasteiger partial charge in [0.2, 0.25) is 0 Å². The quantitative estimate of drug-likeness (QED) is 0.0384. The average Bonchev–Trinajstić information content (AvgIpc) is 3.53. The topological polar surface area (TPSA) is 59.8 Å². The largest absolute Gasteiger partial charge is 0.347 e. The summed E-state index contributed by atoms with van der Waals surface area (Å²) >= 11 is 0. The summed E-state index contributed by atoms with van der Waals surface area (Å²) in [6.07, 6.45) is 53.0. The van der Waals surface area contributed by atoms with Crippen LogP contribution in [0.15, 0.2) is 48.6 Å². The smallest absolute Gasteiger partial charge is 0.168 e. The normalized spacial score (nSPS) is 16.5. The Bertz CT molecular complexity index is 775. The Balaban J connectivity index is 2.27. The molecule has 1 aliphatic heterocycles. The summed E-state index contributed by atoms with van der Waals surface area (Å²) in [5.74, 6) is -0.352. The molecule has 0 amide bonds. The van der Waals surface area contributed by atoms with Crippen LogP contribution in [0.4, 0.5) is 0 Å². The third-order valence-electron chi connectivity index (χ3n) is 10.1. The average molecular weight is 700 g/mol. The molecule has 1 rings (SSSR count). The third-order valence-corrected chi connectivity index (χ3v) is 10.1. The minimum absolute atomic E-state index is 0.217. The lowest BCUT2D eigenvalue weighted by atomic mass is 9.98. The van der Waals surface area contributed by atoms with E-state index in [1.807, 2.05) is 0 Å². The van der Waals surface area contributed by atoms with Gasteiger partial charge in [-0.2, -0.15) is 0 Å². The van der Waals surface area contributed by atoms with Crippen LogP contribution in [0.1, 0.15) is 187 Å². The van der Waals surface area contributed by atoms with Gasteiger partial charge in [0.25, 0.3) is 0 Å². The molecule has 0 saturated carbocycles. The van der Waals surface area contributed by atoms with Crippen LogP contribution >= 0.6 is 0 Å². The molecule has 1 heterocycles. The summed E-state index contributed by atoms with van der Waals surface area (Å²) in [6.45, 7) is 8.80. The van der Waals surface area contributed by atoms with Crippen LogP contribution in [-0.2, 0) is 9.47 Å². The van der Waals surface area contributed by atoms with Crippen LogP contribution in [0.25, 0.3) is 0 Å². The fourth-order valence-electron chi connectivity index (χ4n) is 6.76. The molecule has 0 aromatic rings. The molecule has 0 aromatic carbocycles. The maximum Gasteiger partial charge on any atom is 0.168 e. The first-order valence-electron chi connectivity index (χ1n) is 21.7. The summed E-state index contributed by atoms with van der Waals surface area (Å²) in [7, 11) is 2.19. The van der Waals surface area contributed by atoms with Gasteiger partial charge in [-0.1, -0.05) is 140 Å². The molecule has 0 bridgehead atoms. The fourth-order valence-corrected chi connectivity index (χ4v) is 6.76. The SMILES string of the molecule is CCCCC/C=C\C/C=C\CCCCCCCCC1(CCCCCCCC/C=C\C/C=C\CCCCC)OCC(CCN(C)CCNCN)O1. The van der Waals surface area contributed by atoms with Crippen LogP contribution in [-0.4, -0.2) is 56.7 Å². The van der Waals surface area contributed by atoms with Crippen molar-refractivity contribution >= 4 is 0 Å². The molecular weight excluding hydrogens is 615 g/mol. The molecule has 5 heteroatoms. The van der Waals surface area contributed by atoms with E-state index in [4.69, 9.17) is 15.2 Å². The lowest BCUT2D eigenvalue weighted by Gasteiger charge is -2.29. The van der Waals surface area contributed by atoms with Gasteiger partial charge in [-0.3, -0.25) is 0 Å². The van der Waals surface area contributed by atoms with Gasteiger partial charge in [0.05, 0.1) is 12.7 Å². The van der Waals surface area contributed by atoms with Crippen molar-refractivity contribution in [3.63, 3.8) is 0 Å². The summed E-state index contributed by atoms with van der Waals surface area (Å²) in [6, 6.07) is 0. The molecule has 3 N–H and O–H groups in total. The minimum atomic E-state index is -0.352. The highest BCUT2D eigenvalue weighted by Crippen LogP contribution is 2.35. The molecule has 1 fully saturated rings. The van der Waals surface area contributed by atoms with Crippen molar-refractivity contribution < 1.29 is 9.47 Å². The molecule has 0 aromatic heterocycles. The number of hydrogen-bond acceptors (Lipinski definition) is 5. The molecular formula is C45H85N3O2. The van der Waals surface area contributed by atoms with Crippen molar-refractivity contribution in [2.45, 2.75) is 199 Å². The number of nitrogens with two attached hydrogens (primary N) is 1. The number of hydrogen-bond donors (Lipinski definition) is 2. The standard InChI is InChI=1S/C45H85N3O2/c1-4-6-8-10-12-14-16-18-20-22-24-26-28-30-32-34-37-45(49-42-44(50-45)36-40-48(3)41-39-47-43-46)38-35-33-31-29-27-25-23-21-19-17-15-13-11-9-7-5-2/h12-15,18-21,44,47H,4-11,16-17,22-43,46H2,1-3H3/b14-12-,15-13-,20-18-,21-19-. The third kappa shape index (κ3) is 29.3. The molecule has 292 valence electrons. The summed E-state index contributed by atoms with van der Waals surface area (Å²) in [4.78, 5) is 2.37. The number of ether oxygens (including phenoxy) is 2. The van der Waals surface area contributed by atoms with Gasteiger partial charge in [0, 0.05) is 39.1 Å². The van der Waals surface area contributed by atoms with E-state index >= 15 is 0 Å².